The minimum Gasteiger partial charge on any atom is -0.493 e. The highest BCUT2D eigenvalue weighted by Gasteiger charge is 2.03. The summed E-state index contributed by atoms with van der Waals surface area (Å²) in [4.78, 5) is 15.9. The van der Waals surface area contributed by atoms with Gasteiger partial charge in [0.15, 0.2) is 12.0 Å². The Kier molecular flexibility index (Phi) is 4.88. The van der Waals surface area contributed by atoms with E-state index in [4.69, 9.17) is 9.15 Å². The van der Waals surface area contributed by atoms with Crippen LogP contribution in [0.25, 0.3) is 11.1 Å². The van der Waals surface area contributed by atoms with Crippen molar-refractivity contribution >= 4 is 17.0 Å². The van der Waals surface area contributed by atoms with Crippen LogP contribution in [0.5, 0.6) is 5.75 Å². The van der Waals surface area contributed by atoms with Crippen LogP contribution in [-0.2, 0) is 11.2 Å². The molecule has 0 radical (unpaired) electrons. The lowest BCUT2D eigenvalue weighted by Crippen LogP contribution is -2.27. The summed E-state index contributed by atoms with van der Waals surface area (Å²) in [5, 5.41) is 2.90. The molecule has 5 heteroatoms. The molecular weight excluding hydrogens is 292 g/mol. The molecular formula is C18H18N2O3. The van der Waals surface area contributed by atoms with Crippen LogP contribution in [0, 0.1) is 0 Å². The van der Waals surface area contributed by atoms with Gasteiger partial charge in [0.25, 0.3) is 0 Å². The Morgan fingerprint density at radius 3 is 2.91 bits per heavy atom. The van der Waals surface area contributed by atoms with Crippen molar-refractivity contribution in [1.82, 2.24) is 10.3 Å². The smallest absolute Gasteiger partial charge is 0.223 e. The molecule has 5 nitrogen and oxygen atoms in total. The fourth-order valence-corrected chi connectivity index (χ4v) is 2.27. The maximum absolute atomic E-state index is 11.8. The quantitative estimate of drug-likeness (QED) is 0.728. The van der Waals surface area contributed by atoms with E-state index in [0.717, 1.165) is 28.8 Å². The van der Waals surface area contributed by atoms with Gasteiger partial charge in [-0.2, -0.15) is 0 Å². The number of carbonyl (C=O) groups excluding carboxylic acids is 1. The van der Waals surface area contributed by atoms with Gasteiger partial charge in [0.05, 0.1) is 13.0 Å². The molecule has 0 aliphatic heterocycles. The summed E-state index contributed by atoms with van der Waals surface area (Å²) in [6.45, 7) is 0.967. The van der Waals surface area contributed by atoms with Gasteiger partial charge >= 0.3 is 0 Å². The number of ether oxygens (including phenoxy) is 1. The number of benzene rings is 2. The molecule has 0 aliphatic rings. The van der Waals surface area contributed by atoms with Crippen molar-refractivity contribution in [2.75, 3.05) is 13.2 Å². The number of fused-ring (bicyclic) bond motifs is 1. The van der Waals surface area contributed by atoms with Crippen molar-refractivity contribution < 1.29 is 13.9 Å². The summed E-state index contributed by atoms with van der Waals surface area (Å²) in [5.41, 5.74) is 2.73. The molecule has 0 saturated carbocycles. The predicted molar refractivity (Wildman–Crippen MR) is 87.3 cm³/mol. The highest BCUT2D eigenvalue weighted by atomic mass is 16.5. The summed E-state index contributed by atoms with van der Waals surface area (Å²) < 4.78 is 10.7. The topological polar surface area (TPSA) is 64.4 Å². The lowest BCUT2D eigenvalue weighted by Gasteiger charge is -2.07. The molecule has 2 aromatic carbocycles. The number of aromatic nitrogens is 1. The summed E-state index contributed by atoms with van der Waals surface area (Å²) in [6, 6.07) is 15.3. The van der Waals surface area contributed by atoms with Crippen molar-refractivity contribution in [1.29, 1.82) is 0 Å². The number of para-hydroxylation sites is 1. The molecule has 1 heterocycles. The molecule has 118 valence electrons. The maximum atomic E-state index is 11.8. The van der Waals surface area contributed by atoms with Crippen LogP contribution in [0.3, 0.4) is 0 Å². The molecule has 0 atom stereocenters. The number of hydrogen-bond acceptors (Lipinski definition) is 4. The van der Waals surface area contributed by atoms with Gasteiger partial charge in [-0.3, -0.25) is 4.79 Å². The normalized spacial score (nSPS) is 10.6. The van der Waals surface area contributed by atoms with Gasteiger partial charge in [-0.25, -0.2) is 4.98 Å². The lowest BCUT2D eigenvalue weighted by molar-refractivity contribution is -0.121. The van der Waals surface area contributed by atoms with E-state index < -0.39 is 0 Å². The Bertz CT molecular complexity index is 768. The van der Waals surface area contributed by atoms with Gasteiger partial charge in [0.2, 0.25) is 5.91 Å². The van der Waals surface area contributed by atoms with Crippen molar-refractivity contribution in [3.05, 3.63) is 60.5 Å². The molecule has 23 heavy (non-hydrogen) atoms. The van der Waals surface area contributed by atoms with E-state index in [1.54, 1.807) is 0 Å². The zero-order valence-corrected chi connectivity index (χ0v) is 12.7. The van der Waals surface area contributed by atoms with Gasteiger partial charge < -0.3 is 14.5 Å². The average Bonchev–Trinajstić information content (AvgIpc) is 3.03. The summed E-state index contributed by atoms with van der Waals surface area (Å²) in [5.74, 6) is 0.768. The van der Waals surface area contributed by atoms with Crippen molar-refractivity contribution in [2.45, 2.75) is 12.8 Å². The zero-order chi connectivity index (χ0) is 15.9. The van der Waals surface area contributed by atoms with Crippen molar-refractivity contribution in [3.63, 3.8) is 0 Å². The lowest BCUT2D eigenvalue weighted by atomic mass is 10.1. The second-order valence-corrected chi connectivity index (χ2v) is 5.17. The molecule has 1 amide bonds. The fourth-order valence-electron chi connectivity index (χ4n) is 2.27. The number of rotatable bonds is 7. The third-order valence-corrected chi connectivity index (χ3v) is 3.47. The third-order valence-electron chi connectivity index (χ3n) is 3.47. The van der Waals surface area contributed by atoms with E-state index in [1.807, 2.05) is 48.5 Å². The Labute approximate surface area is 134 Å². The maximum Gasteiger partial charge on any atom is 0.223 e. The molecule has 0 unspecified atom stereocenters. The van der Waals surface area contributed by atoms with Crippen LogP contribution >= 0.6 is 0 Å². The molecule has 0 spiro atoms. The fraction of sp³-hybridized carbons (Fsp3) is 0.222. The van der Waals surface area contributed by atoms with Crippen LogP contribution in [0.15, 0.2) is 59.3 Å². The molecule has 0 bridgehead atoms. The van der Waals surface area contributed by atoms with E-state index in [-0.39, 0.29) is 5.91 Å². The minimum absolute atomic E-state index is 0.0107. The molecule has 0 fully saturated rings. The van der Waals surface area contributed by atoms with E-state index in [1.165, 1.54) is 6.39 Å². The van der Waals surface area contributed by atoms with Crippen LogP contribution in [0.4, 0.5) is 0 Å². The van der Waals surface area contributed by atoms with Crippen LogP contribution in [0.1, 0.15) is 12.0 Å². The molecule has 0 aliphatic carbocycles. The summed E-state index contributed by atoms with van der Waals surface area (Å²) in [7, 11) is 0. The number of nitrogens with zero attached hydrogens (tertiary/aromatic N) is 1. The second-order valence-electron chi connectivity index (χ2n) is 5.17. The summed E-state index contributed by atoms with van der Waals surface area (Å²) in [6.07, 6.45) is 2.54. The molecule has 0 saturated heterocycles. The van der Waals surface area contributed by atoms with Crippen LogP contribution in [0.2, 0.25) is 0 Å². The Morgan fingerprint density at radius 1 is 1.17 bits per heavy atom. The van der Waals surface area contributed by atoms with Gasteiger partial charge in [-0.05, 0) is 36.2 Å². The van der Waals surface area contributed by atoms with Crippen molar-refractivity contribution in [2.24, 2.45) is 0 Å². The van der Waals surface area contributed by atoms with Gasteiger partial charge in [0, 0.05) is 6.54 Å². The third kappa shape index (κ3) is 4.32. The SMILES string of the molecule is O=C(CCOc1ccccc1)NCCc1ccc2ocnc2c1. The molecule has 3 aromatic rings. The van der Waals surface area contributed by atoms with Crippen molar-refractivity contribution in [3.8, 4) is 5.75 Å². The van der Waals surface area contributed by atoms with E-state index in [9.17, 15) is 4.79 Å². The highest BCUT2D eigenvalue weighted by Crippen LogP contribution is 2.14. The first-order valence-electron chi connectivity index (χ1n) is 7.58. The average molecular weight is 310 g/mol. The monoisotopic (exact) mass is 310 g/mol. The number of hydrogen-bond donors (Lipinski definition) is 1. The minimum atomic E-state index is -0.0107. The van der Waals surface area contributed by atoms with Gasteiger partial charge in [-0.1, -0.05) is 24.3 Å². The summed E-state index contributed by atoms with van der Waals surface area (Å²) >= 11 is 0. The highest BCUT2D eigenvalue weighted by molar-refractivity contribution is 5.76. The standard InChI is InChI=1S/C18H18N2O3/c21-18(9-11-22-15-4-2-1-3-5-15)19-10-8-14-6-7-17-16(12-14)20-13-23-17/h1-7,12-13H,8-11H2,(H,19,21). The molecule has 1 aromatic heterocycles. The largest absolute Gasteiger partial charge is 0.493 e. The van der Waals surface area contributed by atoms with E-state index in [0.29, 0.717) is 19.6 Å². The first-order chi connectivity index (χ1) is 11.3. The van der Waals surface area contributed by atoms with Crippen LogP contribution < -0.4 is 10.1 Å². The number of amides is 1. The number of oxazole rings is 1. The molecule has 1 N–H and O–H groups in total. The molecule has 3 rings (SSSR count). The van der Waals surface area contributed by atoms with E-state index in [2.05, 4.69) is 10.3 Å². The van der Waals surface area contributed by atoms with Gasteiger partial charge in [-0.15, -0.1) is 0 Å². The Balaban J connectivity index is 1.37. The second kappa shape index (κ2) is 7.45. The first-order valence-corrected chi connectivity index (χ1v) is 7.58. The number of carbonyl (C=O) groups is 1. The number of nitrogens with one attached hydrogen (secondary N) is 1. The van der Waals surface area contributed by atoms with E-state index >= 15 is 0 Å². The predicted octanol–water partition coefficient (Wildman–Crippen LogP) is 2.96. The Hall–Kier alpha value is -2.82. The van der Waals surface area contributed by atoms with Gasteiger partial charge in [0.1, 0.15) is 11.3 Å². The Morgan fingerprint density at radius 2 is 2.04 bits per heavy atom. The first kappa shape index (κ1) is 15.1. The zero-order valence-electron chi connectivity index (χ0n) is 12.7. The van der Waals surface area contributed by atoms with Crippen LogP contribution in [-0.4, -0.2) is 24.0 Å².